The number of hydrogen-bond acceptors (Lipinski definition) is 3. The number of likely N-dealkylation sites (N-methyl/N-ethyl adjacent to an activating group) is 1. The van der Waals surface area contributed by atoms with Crippen molar-refractivity contribution in [2.45, 2.75) is 50.5 Å². The second kappa shape index (κ2) is 6.68. The fraction of sp³-hybridized carbons (Fsp3) is 0.625. The topological polar surface area (TPSA) is 33.2 Å². The summed E-state index contributed by atoms with van der Waals surface area (Å²) in [5.41, 5.74) is 0.570. The summed E-state index contributed by atoms with van der Waals surface area (Å²) < 4.78 is 0. The minimum Gasteiger partial charge on any atom is -0.297 e. The van der Waals surface area contributed by atoms with Crippen LogP contribution in [0.2, 0.25) is 5.02 Å². The van der Waals surface area contributed by atoms with Gasteiger partial charge in [0.25, 0.3) is 0 Å². The number of aromatic nitrogens is 1. The van der Waals surface area contributed by atoms with Crippen molar-refractivity contribution in [2.24, 2.45) is 0 Å². The van der Waals surface area contributed by atoms with Gasteiger partial charge in [-0.05, 0) is 38.6 Å². The maximum Gasteiger partial charge on any atom is 0.157 e. The van der Waals surface area contributed by atoms with Crippen LogP contribution in [0.3, 0.4) is 0 Å². The molecule has 0 aliphatic heterocycles. The fourth-order valence-electron chi connectivity index (χ4n) is 3.17. The van der Waals surface area contributed by atoms with Gasteiger partial charge in [0.1, 0.15) is 0 Å². The minimum absolute atomic E-state index is 0.289. The number of halogens is 1. The van der Waals surface area contributed by atoms with E-state index in [1.807, 2.05) is 20.2 Å². The van der Waals surface area contributed by atoms with Crippen molar-refractivity contribution in [3.05, 3.63) is 29.0 Å². The Bertz CT molecular complexity index is 465. The lowest BCUT2D eigenvalue weighted by Gasteiger charge is -2.38. The smallest absolute Gasteiger partial charge is 0.157 e. The van der Waals surface area contributed by atoms with Crippen LogP contribution < -0.4 is 0 Å². The van der Waals surface area contributed by atoms with E-state index < -0.39 is 0 Å². The summed E-state index contributed by atoms with van der Waals surface area (Å²) in [4.78, 5) is 19.0. The SMILES string of the molecule is CN(C)C1(C(=O)Cc2ccncc2Cl)CCCCCC1. The van der Waals surface area contributed by atoms with Crippen molar-refractivity contribution in [1.82, 2.24) is 9.88 Å². The van der Waals surface area contributed by atoms with Crippen LogP contribution in [0.15, 0.2) is 18.5 Å². The van der Waals surface area contributed by atoms with Gasteiger partial charge in [0.05, 0.1) is 10.6 Å². The van der Waals surface area contributed by atoms with Gasteiger partial charge in [0.2, 0.25) is 0 Å². The molecule has 0 aromatic carbocycles. The van der Waals surface area contributed by atoms with Gasteiger partial charge in [-0.25, -0.2) is 0 Å². The Morgan fingerprint density at radius 3 is 2.50 bits per heavy atom. The molecule has 3 nitrogen and oxygen atoms in total. The molecular formula is C16H23ClN2O. The third-order valence-corrected chi connectivity index (χ3v) is 4.85. The normalized spacial score (nSPS) is 18.8. The summed E-state index contributed by atoms with van der Waals surface area (Å²) in [6.07, 6.45) is 10.4. The van der Waals surface area contributed by atoms with Crippen LogP contribution in [0.5, 0.6) is 0 Å². The zero-order valence-corrected chi connectivity index (χ0v) is 13.1. The number of pyridine rings is 1. The van der Waals surface area contributed by atoms with E-state index in [-0.39, 0.29) is 11.3 Å². The minimum atomic E-state index is -0.316. The lowest BCUT2D eigenvalue weighted by molar-refractivity contribution is -0.130. The summed E-state index contributed by atoms with van der Waals surface area (Å²) >= 11 is 6.14. The Morgan fingerprint density at radius 2 is 1.95 bits per heavy atom. The number of nitrogens with zero attached hydrogens (tertiary/aromatic N) is 2. The van der Waals surface area contributed by atoms with E-state index >= 15 is 0 Å². The van der Waals surface area contributed by atoms with Gasteiger partial charge in [-0.15, -0.1) is 0 Å². The molecule has 0 amide bonds. The zero-order chi connectivity index (χ0) is 14.6. The first-order valence-corrected chi connectivity index (χ1v) is 7.73. The standard InChI is InChI=1S/C16H23ClN2O/c1-19(2)16(8-5-3-4-6-9-16)15(20)11-13-7-10-18-12-14(13)17/h7,10,12H,3-6,8-9,11H2,1-2H3. The van der Waals surface area contributed by atoms with Gasteiger partial charge in [-0.3, -0.25) is 14.7 Å². The summed E-state index contributed by atoms with van der Waals surface area (Å²) in [6.45, 7) is 0. The third-order valence-electron chi connectivity index (χ3n) is 4.51. The molecule has 1 aromatic heterocycles. The Balaban J connectivity index is 2.21. The van der Waals surface area contributed by atoms with Gasteiger partial charge in [-0.2, -0.15) is 0 Å². The maximum absolute atomic E-state index is 12.9. The van der Waals surface area contributed by atoms with E-state index in [1.54, 1.807) is 12.4 Å². The van der Waals surface area contributed by atoms with Crippen molar-refractivity contribution in [3.63, 3.8) is 0 Å². The molecule has 0 N–H and O–H groups in total. The lowest BCUT2D eigenvalue weighted by Crippen LogP contribution is -2.51. The van der Waals surface area contributed by atoms with Crippen molar-refractivity contribution in [2.75, 3.05) is 14.1 Å². The van der Waals surface area contributed by atoms with E-state index in [4.69, 9.17) is 11.6 Å². The zero-order valence-electron chi connectivity index (χ0n) is 12.4. The van der Waals surface area contributed by atoms with Crippen LogP contribution in [0, 0.1) is 0 Å². The van der Waals surface area contributed by atoms with Crippen molar-refractivity contribution < 1.29 is 4.79 Å². The summed E-state index contributed by atoms with van der Waals surface area (Å²) in [5.74, 6) is 0.289. The van der Waals surface area contributed by atoms with Gasteiger partial charge < -0.3 is 0 Å². The maximum atomic E-state index is 12.9. The Kier molecular flexibility index (Phi) is 5.17. The van der Waals surface area contributed by atoms with Gasteiger partial charge in [0.15, 0.2) is 5.78 Å². The molecule has 1 aromatic rings. The Hall–Kier alpha value is -0.930. The highest BCUT2D eigenvalue weighted by molar-refractivity contribution is 6.31. The largest absolute Gasteiger partial charge is 0.297 e. The van der Waals surface area contributed by atoms with Gasteiger partial charge in [-0.1, -0.05) is 37.3 Å². The molecule has 20 heavy (non-hydrogen) atoms. The number of carbonyl (C=O) groups is 1. The number of Topliss-reactive ketones (excluding diaryl/α,β-unsaturated/α-hetero) is 1. The average molecular weight is 295 g/mol. The first-order chi connectivity index (χ1) is 9.56. The van der Waals surface area contributed by atoms with E-state index in [2.05, 4.69) is 9.88 Å². The summed E-state index contributed by atoms with van der Waals surface area (Å²) in [6, 6.07) is 1.85. The van der Waals surface area contributed by atoms with E-state index in [1.165, 1.54) is 12.8 Å². The quantitative estimate of drug-likeness (QED) is 0.797. The van der Waals surface area contributed by atoms with Crippen molar-refractivity contribution in [1.29, 1.82) is 0 Å². The number of rotatable bonds is 4. The molecule has 1 aliphatic carbocycles. The molecule has 110 valence electrons. The highest BCUT2D eigenvalue weighted by Gasteiger charge is 2.40. The molecule has 1 aliphatic rings. The van der Waals surface area contributed by atoms with Crippen LogP contribution in [0.25, 0.3) is 0 Å². The first-order valence-electron chi connectivity index (χ1n) is 7.35. The highest BCUT2D eigenvalue weighted by atomic mass is 35.5. The predicted molar refractivity (Wildman–Crippen MR) is 82.1 cm³/mol. The highest BCUT2D eigenvalue weighted by Crippen LogP contribution is 2.33. The van der Waals surface area contributed by atoms with Crippen molar-refractivity contribution >= 4 is 17.4 Å². The third kappa shape index (κ3) is 3.21. The molecule has 0 spiro atoms. The van der Waals surface area contributed by atoms with E-state index in [9.17, 15) is 4.79 Å². The lowest BCUT2D eigenvalue weighted by atomic mass is 9.82. The average Bonchev–Trinajstić information content (AvgIpc) is 2.68. The molecule has 0 bridgehead atoms. The molecule has 0 atom stereocenters. The van der Waals surface area contributed by atoms with Gasteiger partial charge in [0, 0.05) is 18.8 Å². The number of ketones is 1. The Morgan fingerprint density at radius 1 is 1.30 bits per heavy atom. The summed E-state index contributed by atoms with van der Waals surface area (Å²) in [7, 11) is 4.05. The Labute approximate surface area is 126 Å². The van der Waals surface area contributed by atoms with Gasteiger partial charge >= 0.3 is 0 Å². The molecule has 1 saturated carbocycles. The van der Waals surface area contributed by atoms with E-state index in [0.717, 1.165) is 31.2 Å². The summed E-state index contributed by atoms with van der Waals surface area (Å²) in [5, 5.41) is 0.586. The predicted octanol–water partition coefficient (Wildman–Crippen LogP) is 3.50. The molecule has 0 radical (unpaired) electrons. The van der Waals surface area contributed by atoms with Crippen LogP contribution in [-0.4, -0.2) is 35.3 Å². The van der Waals surface area contributed by atoms with E-state index in [0.29, 0.717) is 11.4 Å². The van der Waals surface area contributed by atoms with Crippen LogP contribution >= 0.6 is 11.6 Å². The van der Waals surface area contributed by atoms with Crippen LogP contribution in [0.1, 0.15) is 44.1 Å². The van der Waals surface area contributed by atoms with Crippen LogP contribution in [0.4, 0.5) is 0 Å². The monoisotopic (exact) mass is 294 g/mol. The molecule has 0 unspecified atom stereocenters. The van der Waals surface area contributed by atoms with Crippen LogP contribution in [-0.2, 0) is 11.2 Å². The fourth-order valence-corrected chi connectivity index (χ4v) is 3.36. The second-order valence-corrected chi connectivity index (χ2v) is 6.31. The molecule has 2 rings (SSSR count). The molecule has 1 fully saturated rings. The number of hydrogen-bond donors (Lipinski definition) is 0. The first kappa shape index (κ1) is 15.5. The molecule has 1 heterocycles. The number of carbonyl (C=O) groups excluding carboxylic acids is 1. The molecule has 0 saturated heterocycles. The molecular weight excluding hydrogens is 272 g/mol. The van der Waals surface area contributed by atoms with Crippen molar-refractivity contribution in [3.8, 4) is 0 Å². The molecule has 4 heteroatoms. The second-order valence-electron chi connectivity index (χ2n) is 5.91.